The predicted molar refractivity (Wildman–Crippen MR) is 80.4 cm³/mol. The van der Waals surface area contributed by atoms with Crippen LogP contribution in [0.3, 0.4) is 0 Å². The Hall–Kier alpha value is -2.34. The Kier molecular flexibility index (Phi) is 4.82. The summed E-state index contributed by atoms with van der Waals surface area (Å²) in [5.41, 5.74) is 7.17. The number of hydrogen-bond acceptors (Lipinski definition) is 3. The summed E-state index contributed by atoms with van der Waals surface area (Å²) in [6.07, 6.45) is 1.69. The Morgan fingerprint density at radius 2 is 1.91 bits per heavy atom. The van der Waals surface area contributed by atoms with Crippen LogP contribution in [0.4, 0.5) is 14.6 Å². The number of halogens is 2. The number of aryl methyl sites for hydroxylation is 1. The number of carbonyl (C=O) groups excluding carboxylic acids is 1. The van der Waals surface area contributed by atoms with Crippen molar-refractivity contribution >= 4 is 11.7 Å². The van der Waals surface area contributed by atoms with Gasteiger partial charge in [-0.1, -0.05) is 6.07 Å². The number of nitrogens with two attached hydrogens (primary N) is 1. The number of pyridine rings is 1. The number of anilines is 1. The zero-order valence-corrected chi connectivity index (χ0v) is 12.4. The van der Waals surface area contributed by atoms with Crippen molar-refractivity contribution in [2.45, 2.75) is 19.4 Å². The van der Waals surface area contributed by atoms with Crippen LogP contribution in [0.25, 0.3) is 0 Å². The first-order chi connectivity index (χ1) is 10.4. The fourth-order valence-corrected chi connectivity index (χ4v) is 2.09. The number of benzene rings is 1. The molecule has 2 rings (SSSR count). The molecule has 1 aromatic carbocycles. The minimum atomic E-state index is -0.908. The van der Waals surface area contributed by atoms with Gasteiger partial charge in [-0.15, -0.1) is 0 Å². The molecule has 1 amide bonds. The molecule has 0 saturated heterocycles. The quantitative estimate of drug-likeness (QED) is 0.942. The van der Waals surface area contributed by atoms with Crippen molar-refractivity contribution in [2.24, 2.45) is 5.73 Å². The first-order valence-electron chi connectivity index (χ1n) is 6.77. The summed E-state index contributed by atoms with van der Waals surface area (Å²) >= 11 is 0. The van der Waals surface area contributed by atoms with Crippen LogP contribution in [0.15, 0.2) is 36.5 Å². The summed E-state index contributed by atoms with van der Waals surface area (Å²) in [6.45, 7) is 1.89. The number of amides is 1. The van der Waals surface area contributed by atoms with Crippen LogP contribution in [-0.2, 0) is 11.2 Å². The standard InChI is InChI=1S/C16H17F2N3O/c1-10-3-4-15(20-9-10)21(2)16(22)14(19)7-11-5-12(17)8-13(18)6-11/h3-6,8-9,14H,7,19H2,1-2H3/t14-/m0/s1. The zero-order chi connectivity index (χ0) is 16.3. The van der Waals surface area contributed by atoms with E-state index >= 15 is 0 Å². The van der Waals surface area contributed by atoms with Crippen LogP contribution < -0.4 is 10.6 Å². The Morgan fingerprint density at radius 1 is 1.27 bits per heavy atom. The average molecular weight is 305 g/mol. The topological polar surface area (TPSA) is 59.2 Å². The molecule has 4 nitrogen and oxygen atoms in total. The maximum Gasteiger partial charge on any atom is 0.245 e. The minimum absolute atomic E-state index is 0.0454. The molecule has 0 aliphatic carbocycles. The molecular weight excluding hydrogens is 288 g/mol. The van der Waals surface area contributed by atoms with Gasteiger partial charge in [0.2, 0.25) is 5.91 Å². The third-order valence-corrected chi connectivity index (χ3v) is 3.27. The van der Waals surface area contributed by atoms with Crippen molar-refractivity contribution in [3.8, 4) is 0 Å². The molecule has 0 bridgehead atoms. The van der Waals surface area contributed by atoms with Gasteiger partial charge in [0.05, 0.1) is 6.04 Å². The Morgan fingerprint density at radius 3 is 2.45 bits per heavy atom. The van der Waals surface area contributed by atoms with Crippen molar-refractivity contribution in [3.05, 3.63) is 59.3 Å². The van der Waals surface area contributed by atoms with Gasteiger partial charge in [0.15, 0.2) is 0 Å². The van der Waals surface area contributed by atoms with E-state index in [9.17, 15) is 13.6 Å². The highest BCUT2D eigenvalue weighted by atomic mass is 19.1. The fraction of sp³-hybridized carbons (Fsp3) is 0.250. The molecule has 1 heterocycles. The summed E-state index contributed by atoms with van der Waals surface area (Å²) in [5, 5.41) is 0. The molecule has 22 heavy (non-hydrogen) atoms. The van der Waals surface area contributed by atoms with Gasteiger partial charge in [0.1, 0.15) is 17.5 Å². The van der Waals surface area contributed by atoms with Gasteiger partial charge in [-0.05, 0) is 42.7 Å². The van der Waals surface area contributed by atoms with Gasteiger partial charge in [0.25, 0.3) is 0 Å². The molecule has 1 atom stereocenters. The van der Waals surface area contributed by atoms with Crippen LogP contribution in [0.1, 0.15) is 11.1 Å². The van der Waals surface area contributed by atoms with Crippen molar-refractivity contribution in [2.75, 3.05) is 11.9 Å². The van der Waals surface area contributed by atoms with Crippen molar-refractivity contribution < 1.29 is 13.6 Å². The molecule has 0 radical (unpaired) electrons. The van der Waals surface area contributed by atoms with E-state index in [0.717, 1.165) is 11.6 Å². The predicted octanol–water partition coefficient (Wildman–Crippen LogP) is 2.20. The lowest BCUT2D eigenvalue weighted by atomic mass is 10.1. The van der Waals surface area contributed by atoms with Crippen molar-refractivity contribution in [1.29, 1.82) is 0 Å². The second-order valence-electron chi connectivity index (χ2n) is 5.18. The third kappa shape index (κ3) is 3.85. The molecule has 2 aromatic rings. The number of carbonyl (C=O) groups is 1. The highest BCUT2D eigenvalue weighted by Crippen LogP contribution is 2.13. The van der Waals surface area contributed by atoms with Gasteiger partial charge < -0.3 is 5.73 Å². The Bertz CT molecular complexity index is 653. The Balaban J connectivity index is 2.09. The van der Waals surface area contributed by atoms with Crippen LogP contribution in [0.5, 0.6) is 0 Å². The summed E-state index contributed by atoms with van der Waals surface area (Å²) in [7, 11) is 1.56. The van der Waals surface area contributed by atoms with E-state index < -0.39 is 17.7 Å². The van der Waals surface area contributed by atoms with Crippen LogP contribution in [0.2, 0.25) is 0 Å². The van der Waals surface area contributed by atoms with E-state index in [1.807, 2.05) is 13.0 Å². The van der Waals surface area contributed by atoms with Crippen molar-refractivity contribution in [1.82, 2.24) is 4.98 Å². The number of likely N-dealkylation sites (N-methyl/N-ethyl adjacent to an activating group) is 1. The molecule has 0 unspecified atom stereocenters. The number of hydrogen-bond donors (Lipinski definition) is 1. The van der Waals surface area contributed by atoms with Gasteiger partial charge in [-0.3, -0.25) is 9.69 Å². The second kappa shape index (κ2) is 6.62. The first kappa shape index (κ1) is 16.0. The SMILES string of the molecule is Cc1ccc(N(C)C(=O)[C@@H](N)Cc2cc(F)cc(F)c2)nc1. The lowest BCUT2D eigenvalue weighted by Crippen LogP contribution is -2.43. The van der Waals surface area contributed by atoms with E-state index in [1.54, 1.807) is 19.3 Å². The average Bonchev–Trinajstić information content (AvgIpc) is 2.45. The van der Waals surface area contributed by atoms with Crippen LogP contribution >= 0.6 is 0 Å². The summed E-state index contributed by atoms with van der Waals surface area (Å²) in [4.78, 5) is 17.8. The lowest BCUT2D eigenvalue weighted by molar-refractivity contribution is -0.119. The molecule has 2 N–H and O–H groups in total. The normalized spacial score (nSPS) is 12.0. The molecule has 0 fully saturated rings. The fourth-order valence-electron chi connectivity index (χ4n) is 2.09. The van der Waals surface area contributed by atoms with E-state index in [2.05, 4.69) is 4.98 Å². The number of rotatable bonds is 4. The Labute approximate surface area is 127 Å². The maximum absolute atomic E-state index is 13.2. The molecule has 0 aliphatic heterocycles. The highest BCUT2D eigenvalue weighted by molar-refractivity contribution is 5.95. The first-order valence-corrected chi connectivity index (χ1v) is 6.77. The minimum Gasteiger partial charge on any atom is -0.320 e. The molecular formula is C16H17F2N3O. The summed E-state index contributed by atoms with van der Waals surface area (Å²) in [5.74, 6) is -1.29. The van der Waals surface area contributed by atoms with E-state index in [-0.39, 0.29) is 12.3 Å². The van der Waals surface area contributed by atoms with Crippen LogP contribution in [0, 0.1) is 18.6 Å². The second-order valence-corrected chi connectivity index (χ2v) is 5.18. The third-order valence-electron chi connectivity index (χ3n) is 3.27. The van der Waals surface area contributed by atoms with Gasteiger partial charge >= 0.3 is 0 Å². The molecule has 0 saturated carbocycles. The van der Waals surface area contributed by atoms with E-state index in [1.165, 1.54) is 17.0 Å². The summed E-state index contributed by atoms with van der Waals surface area (Å²) < 4.78 is 26.3. The van der Waals surface area contributed by atoms with E-state index in [0.29, 0.717) is 11.4 Å². The van der Waals surface area contributed by atoms with Gasteiger partial charge in [-0.2, -0.15) is 0 Å². The van der Waals surface area contributed by atoms with Crippen LogP contribution in [-0.4, -0.2) is 24.0 Å². The maximum atomic E-state index is 13.2. The molecule has 6 heteroatoms. The zero-order valence-electron chi connectivity index (χ0n) is 12.4. The highest BCUT2D eigenvalue weighted by Gasteiger charge is 2.20. The number of nitrogens with zero attached hydrogens (tertiary/aromatic N) is 2. The largest absolute Gasteiger partial charge is 0.320 e. The molecule has 0 aliphatic rings. The van der Waals surface area contributed by atoms with Crippen molar-refractivity contribution in [3.63, 3.8) is 0 Å². The van der Waals surface area contributed by atoms with E-state index in [4.69, 9.17) is 5.73 Å². The monoisotopic (exact) mass is 305 g/mol. The molecule has 116 valence electrons. The van der Waals surface area contributed by atoms with Gasteiger partial charge in [0, 0.05) is 19.3 Å². The molecule has 0 spiro atoms. The number of aromatic nitrogens is 1. The smallest absolute Gasteiger partial charge is 0.245 e. The molecule has 1 aromatic heterocycles. The summed E-state index contributed by atoms with van der Waals surface area (Å²) in [6, 6.07) is 5.75. The lowest BCUT2D eigenvalue weighted by Gasteiger charge is -2.20. The van der Waals surface area contributed by atoms with Gasteiger partial charge in [-0.25, -0.2) is 13.8 Å².